The number of carbonyl (C=O) groups excluding carboxylic acids is 1. The van der Waals surface area contributed by atoms with Gasteiger partial charge < -0.3 is 10.6 Å². The van der Waals surface area contributed by atoms with E-state index in [1.807, 2.05) is 18.7 Å². The number of hydrogen-bond donors (Lipinski definition) is 2. The quantitative estimate of drug-likeness (QED) is 0.677. The largest absolute Gasteiger partial charge is 0.352 e. The maximum Gasteiger partial charge on any atom is 0.237 e. The van der Waals surface area contributed by atoms with Crippen molar-refractivity contribution in [3.05, 3.63) is 0 Å². The number of carbonyl (C=O) groups is 1. The Labute approximate surface area is 115 Å². The maximum atomic E-state index is 12.1. The molecule has 0 aromatic rings. The van der Waals surface area contributed by atoms with Crippen LogP contribution in [0.15, 0.2) is 0 Å². The minimum atomic E-state index is -0.00613. The number of nitrogens with zero attached hydrogens (tertiary/aromatic N) is 1. The normalized spacial score (nSPS) is 20.4. The second-order valence-electron chi connectivity index (χ2n) is 4.86. The second kappa shape index (κ2) is 8.77. The van der Waals surface area contributed by atoms with Gasteiger partial charge in [-0.05, 0) is 31.8 Å². The third-order valence-electron chi connectivity index (χ3n) is 3.37. The molecule has 1 aliphatic heterocycles. The van der Waals surface area contributed by atoms with Gasteiger partial charge in [0, 0.05) is 32.2 Å². The van der Waals surface area contributed by atoms with Gasteiger partial charge in [0.25, 0.3) is 0 Å². The van der Waals surface area contributed by atoms with Crippen molar-refractivity contribution in [1.82, 2.24) is 15.5 Å². The van der Waals surface area contributed by atoms with E-state index in [0.717, 1.165) is 44.1 Å². The predicted octanol–water partition coefficient (Wildman–Crippen LogP) is 0.928. The molecule has 1 rings (SSSR count). The lowest BCUT2D eigenvalue weighted by molar-refractivity contribution is -0.126. The van der Waals surface area contributed by atoms with E-state index in [4.69, 9.17) is 0 Å². The van der Waals surface area contributed by atoms with Crippen LogP contribution in [0.25, 0.3) is 0 Å². The van der Waals surface area contributed by atoms with Crippen LogP contribution in [0.1, 0.15) is 27.2 Å². The fraction of sp³-hybridized carbons (Fsp3) is 0.923. The van der Waals surface area contributed by atoms with E-state index in [9.17, 15) is 4.79 Å². The molecule has 1 aliphatic rings. The van der Waals surface area contributed by atoms with Crippen LogP contribution in [-0.4, -0.2) is 60.6 Å². The van der Waals surface area contributed by atoms with Crippen LogP contribution in [0.4, 0.5) is 0 Å². The molecular formula is C13H27N3OS. The Morgan fingerprint density at radius 2 is 2.06 bits per heavy atom. The smallest absolute Gasteiger partial charge is 0.237 e. The Kier molecular flexibility index (Phi) is 7.70. The van der Waals surface area contributed by atoms with Crippen LogP contribution < -0.4 is 10.6 Å². The Bertz CT molecular complexity index is 244. The van der Waals surface area contributed by atoms with E-state index in [1.165, 1.54) is 0 Å². The van der Waals surface area contributed by atoms with Gasteiger partial charge in [-0.25, -0.2) is 0 Å². The molecule has 106 valence electrons. The zero-order chi connectivity index (χ0) is 13.4. The minimum Gasteiger partial charge on any atom is -0.352 e. The van der Waals surface area contributed by atoms with Crippen molar-refractivity contribution in [3.8, 4) is 0 Å². The van der Waals surface area contributed by atoms with Crippen LogP contribution in [0.2, 0.25) is 0 Å². The predicted molar refractivity (Wildman–Crippen MR) is 79.1 cm³/mol. The molecule has 2 atom stereocenters. The Morgan fingerprint density at radius 1 is 1.39 bits per heavy atom. The Morgan fingerprint density at radius 3 is 2.67 bits per heavy atom. The van der Waals surface area contributed by atoms with Crippen LogP contribution >= 0.6 is 11.8 Å². The minimum absolute atomic E-state index is 0.00613. The number of amides is 1. The van der Waals surface area contributed by atoms with Crippen molar-refractivity contribution in [2.24, 2.45) is 0 Å². The van der Waals surface area contributed by atoms with Gasteiger partial charge in [0.2, 0.25) is 5.91 Å². The first kappa shape index (κ1) is 15.8. The van der Waals surface area contributed by atoms with Crippen molar-refractivity contribution in [2.75, 3.05) is 37.7 Å². The fourth-order valence-electron chi connectivity index (χ4n) is 2.08. The molecule has 1 saturated heterocycles. The van der Waals surface area contributed by atoms with Crippen molar-refractivity contribution < 1.29 is 4.79 Å². The fourth-order valence-corrected chi connectivity index (χ4v) is 2.88. The lowest BCUT2D eigenvalue weighted by atomic mass is 10.2. The highest BCUT2D eigenvalue weighted by Crippen LogP contribution is 2.05. The molecule has 0 spiro atoms. The van der Waals surface area contributed by atoms with E-state index < -0.39 is 0 Å². The monoisotopic (exact) mass is 273 g/mol. The summed E-state index contributed by atoms with van der Waals surface area (Å²) in [5.74, 6) is 2.45. The average Bonchev–Trinajstić information content (AvgIpc) is 2.39. The van der Waals surface area contributed by atoms with Crippen LogP contribution in [-0.2, 0) is 4.79 Å². The van der Waals surface area contributed by atoms with Crippen molar-refractivity contribution in [2.45, 2.75) is 39.3 Å². The number of hydrogen-bond acceptors (Lipinski definition) is 4. The van der Waals surface area contributed by atoms with Crippen LogP contribution in [0.3, 0.4) is 0 Å². The summed E-state index contributed by atoms with van der Waals surface area (Å²) in [6, 6.07) is 0.273. The molecule has 0 radical (unpaired) electrons. The molecule has 2 N–H and O–H groups in total. The molecule has 0 aromatic carbocycles. The highest BCUT2D eigenvalue weighted by Gasteiger charge is 2.23. The third kappa shape index (κ3) is 5.59. The zero-order valence-electron chi connectivity index (χ0n) is 11.9. The average molecular weight is 273 g/mol. The SMILES string of the molecule is CCSCCC(C)NC(=O)C(C)N1CCNCC1. The lowest BCUT2D eigenvalue weighted by Gasteiger charge is -2.32. The van der Waals surface area contributed by atoms with E-state index in [0.29, 0.717) is 0 Å². The van der Waals surface area contributed by atoms with Crippen molar-refractivity contribution >= 4 is 17.7 Å². The molecule has 4 nitrogen and oxygen atoms in total. The molecule has 1 amide bonds. The molecule has 1 heterocycles. The van der Waals surface area contributed by atoms with Crippen molar-refractivity contribution in [3.63, 3.8) is 0 Å². The summed E-state index contributed by atoms with van der Waals surface area (Å²) in [5, 5.41) is 6.43. The molecule has 18 heavy (non-hydrogen) atoms. The van der Waals surface area contributed by atoms with E-state index in [2.05, 4.69) is 29.4 Å². The summed E-state index contributed by atoms with van der Waals surface area (Å²) in [6.45, 7) is 10.2. The third-order valence-corrected chi connectivity index (χ3v) is 4.30. The van der Waals surface area contributed by atoms with Gasteiger partial charge in [-0.3, -0.25) is 9.69 Å². The summed E-state index contributed by atoms with van der Waals surface area (Å²) in [5.41, 5.74) is 0. The second-order valence-corrected chi connectivity index (χ2v) is 6.25. The molecule has 2 unspecified atom stereocenters. The van der Waals surface area contributed by atoms with Gasteiger partial charge in [-0.1, -0.05) is 6.92 Å². The maximum absolute atomic E-state index is 12.1. The molecule has 1 fully saturated rings. The van der Waals surface area contributed by atoms with Crippen LogP contribution in [0, 0.1) is 0 Å². The molecular weight excluding hydrogens is 246 g/mol. The lowest BCUT2D eigenvalue weighted by Crippen LogP contribution is -2.53. The van der Waals surface area contributed by atoms with E-state index in [1.54, 1.807) is 0 Å². The van der Waals surface area contributed by atoms with Gasteiger partial charge in [0.05, 0.1) is 6.04 Å². The van der Waals surface area contributed by atoms with Crippen LogP contribution in [0.5, 0.6) is 0 Å². The Hall–Kier alpha value is -0.260. The highest BCUT2D eigenvalue weighted by atomic mass is 32.2. The van der Waals surface area contributed by atoms with Gasteiger partial charge >= 0.3 is 0 Å². The highest BCUT2D eigenvalue weighted by molar-refractivity contribution is 7.99. The summed E-state index contributed by atoms with van der Waals surface area (Å²) in [7, 11) is 0. The molecule has 0 saturated carbocycles. The number of thioether (sulfide) groups is 1. The number of rotatable bonds is 7. The van der Waals surface area contributed by atoms with Gasteiger partial charge in [0.15, 0.2) is 0 Å². The summed E-state index contributed by atoms with van der Waals surface area (Å²) in [4.78, 5) is 14.4. The van der Waals surface area contributed by atoms with Gasteiger partial charge in [-0.2, -0.15) is 11.8 Å². The first-order valence-electron chi connectivity index (χ1n) is 6.98. The molecule has 5 heteroatoms. The first-order chi connectivity index (χ1) is 8.65. The molecule has 0 bridgehead atoms. The van der Waals surface area contributed by atoms with Gasteiger partial charge in [0.1, 0.15) is 0 Å². The topological polar surface area (TPSA) is 44.4 Å². The van der Waals surface area contributed by atoms with E-state index >= 15 is 0 Å². The number of piperazine rings is 1. The first-order valence-corrected chi connectivity index (χ1v) is 8.13. The Balaban J connectivity index is 2.25. The number of nitrogens with one attached hydrogen (secondary N) is 2. The molecule has 0 aliphatic carbocycles. The zero-order valence-corrected chi connectivity index (χ0v) is 12.7. The summed E-state index contributed by atoms with van der Waals surface area (Å²) in [6.07, 6.45) is 1.05. The van der Waals surface area contributed by atoms with Crippen molar-refractivity contribution in [1.29, 1.82) is 0 Å². The van der Waals surface area contributed by atoms with E-state index in [-0.39, 0.29) is 18.0 Å². The summed E-state index contributed by atoms with van der Waals surface area (Å²) < 4.78 is 0. The van der Waals surface area contributed by atoms with Gasteiger partial charge in [-0.15, -0.1) is 0 Å². The summed E-state index contributed by atoms with van der Waals surface area (Å²) >= 11 is 1.93. The molecule has 0 aromatic heterocycles. The standard InChI is InChI=1S/C13H27N3OS/c1-4-18-10-5-11(2)15-13(17)12(3)16-8-6-14-7-9-16/h11-12,14H,4-10H2,1-3H3,(H,15,17).